The molecule has 0 aromatic carbocycles. The molecule has 11 heavy (non-hydrogen) atoms. The lowest BCUT2D eigenvalue weighted by molar-refractivity contribution is -0.107. The molecule has 1 saturated heterocycles. The van der Waals surface area contributed by atoms with E-state index < -0.39 is 0 Å². The van der Waals surface area contributed by atoms with Crippen molar-refractivity contribution in [2.45, 2.75) is 25.7 Å². The number of hydrogen-bond donors (Lipinski definition) is 0. The molecule has 1 heterocycles. The van der Waals surface area contributed by atoms with E-state index in [9.17, 15) is 4.79 Å². The van der Waals surface area contributed by atoms with Crippen molar-refractivity contribution in [3.63, 3.8) is 0 Å². The monoisotopic (exact) mass is 153 g/mol. The van der Waals surface area contributed by atoms with Crippen molar-refractivity contribution in [1.82, 2.24) is 4.90 Å². The zero-order chi connectivity index (χ0) is 7.94. The van der Waals surface area contributed by atoms with Crippen LogP contribution in [0.25, 0.3) is 0 Å². The fourth-order valence-electron chi connectivity index (χ4n) is 1.28. The molecular formula is C9H15NO. The Morgan fingerprint density at radius 2 is 1.91 bits per heavy atom. The van der Waals surface area contributed by atoms with Crippen molar-refractivity contribution in [1.29, 1.82) is 0 Å². The number of carbonyl (C=O) groups is 1. The van der Waals surface area contributed by atoms with Crippen LogP contribution >= 0.6 is 0 Å². The van der Waals surface area contributed by atoms with E-state index in [-0.39, 0.29) is 0 Å². The summed E-state index contributed by atoms with van der Waals surface area (Å²) in [6.07, 6.45) is 9.35. The highest BCUT2D eigenvalue weighted by Crippen LogP contribution is 2.07. The summed E-state index contributed by atoms with van der Waals surface area (Å²) in [6, 6.07) is 0. The molecule has 1 aliphatic heterocycles. The minimum absolute atomic E-state index is 0.657. The minimum Gasteiger partial charge on any atom is -0.378 e. The van der Waals surface area contributed by atoms with Gasteiger partial charge < -0.3 is 9.69 Å². The Bertz CT molecular complexity index is 136. The van der Waals surface area contributed by atoms with Gasteiger partial charge in [-0.3, -0.25) is 0 Å². The second kappa shape index (κ2) is 4.94. The molecule has 0 aromatic rings. The molecule has 1 aliphatic rings. The summed E-state index contributed by atoms with van der Waals surface area (Å²) in [4.78, 5) is 12.3. The highest BCUT2D eigenvalue weighted by Gasteiger charge is 2.05. The van der Waals surface area contributed by atoms with Gasteiger partial charge in [0, 0.05) is 19.5 Å². The van der Waals surface area contributed by atoms with Crippen LogP contribution in [0, 0.1) is 0 Å². The molecule has 1 rings (SSSR count). The first-order valence-electron chi connectivity index (χ1n) is 4.28. The predicted molar refractivity (Wildman–Crippen MR) is 45.2 cm³/mol. The van der Waals surface area contributed by atoms with Gasteiger partial charge in [-0.25, -0.2) is 0 Å². The van der Waals surface area contributed by atoms with Crippen LogP contribution in [-0.4, -0.2) is 24.3 Å². The van der Waals surface area contributed by atoms with Crippen molar-refractivity contribution in [2.75, 3.05) is 13.1 Å². The van der Waals surface area contributed by atoms with Crippen LogP contribution < -0.4 is 0 Å². The molecule has 0 saturated carbocycles. The van der Waals surface area contributed by atoms with Gasteiger partial charge in [-0.1, -0.05) is 6.08 Å². The van der Waals surface area contributed by atoms with Crippen LogP contribution in [0.2, 0.25) is 0 Å². The standard InChI is InChI=1S/C9H15NO/c11-9-5-1-2-6-10-7-3-4-8-10/h2,6,9H,1,3-5,7-8H2. The SMILES string of the molecule is O=CCCC=CN1CCCC1. The molecule has 2 nitrogen and oxygen atoms in total. The molecule has 1 fully saturated rings. The summed E-state index contributed by atoms with van der Waals surface area (Å²) in [5, 5.41) is 0. The first-order chi connectivity index (χ1) is 5.43. The van der Waals surface area contributed by atoms with E-state index >= 15 is 0 Å². The van der Waals surface area contributed by atoms with E-state index in [4.69, 9.17) is 0 Å². The highest BCUT2D eigenvalue weighted by atomic mass is 16.1. The zero-order valence-corrected chi connectivity index (χ0v) is 6.83. The molecule has 0 amide bonds. The van der Waals surface area contributed by atoms with Crippen LogP contribution in [0.4, 0.5) is 0 Å². The maximum absolute atomic E-state index is 9.95. The van der Waals surface area contributed by atoms with Crippen molar-refractivity contribution >= 4 is 6.29 Å². The lowest BCUT2D eigenvalue weighted by atomic mass is 10.3. The highest BCUT2D eigenvalue weighted by molar-refractivity contribution is 5.49. The Labute approximate surface area is 67.9 Å². The molecular weight excluding hydrogens is 138 g/mol. The number of hydrogen-bond acceptors (Lipinski definition) is 2. The largest absolute Gasteiger partial charge is 0.378 e. The lowest BCUT2D eigenvalue weighted by Crippen LogP contribution is -2.09. The van der Waals surface area contributed by atoms with Crippen LogP contribution in [0.5, 0.6) is 0 Å². The Morgan fingerprint density at radius 3 is 2.55 bits per heavy atom. The van der Waals surface area contributed by atoms with Gasteiger partial charge >= 0.3 is 0 Å². The topological polar surface area (TPSA) is 20.3 Å². The summed E-state index contributed by atoms with van der Waals surface area (Å²) >= 11 is 0. The van der Waals surface area contributed by atoms with E-state index in [1.165, 1.54) is 25.9 Å². The number of likely N-dealkylation sites (tertiary alicyclic amines) is 1. The third-order valence-corrected chi connectivity index (χ3v) is 1.91. The molecule has 0 bridgehead atoms. The average molecular weight is 153 g/mol. The van der Waals surface area contributed by atoms with E-state index in [1.807, 2.05) is 0 Å². The molecule has 0 aliphatic carbocycles. The molecule has 0 N–H and O–H groups in total. The van der Waals surface area contributed by atoms with Gasteiger partial charge in [0.05, 0.1) is 0 Å². The molecule has 0 spiro atoms. The number of rotatable bonds is 4. The number of aldehydes is 1. The molecule has 0 aromatic heterocycles. The first-order valence-corrected chi connectivity index (χ1v) is 4.28. The fourth-order valence-corrected chi connectivity index (χ4v) is 1.28. The van der Waals surface area contributed by atoms with Crippen molar-refractivity contribution < 1.29 is 4.79 Å². The van der Waals surface area contributed by atoms with Gasteiger partial charge in [-0.05, 0) is 25.5 Å². The van der Waals surface area contributed by atoms with Crippen molar-refractivity contribution in [3.05, 3.63) is 12.3 Å². The van der Waals surface area contributed by atoms with Crippen LogP contribution in [-0.2, 0) is 4.79 Å². The van der Waals surface area contributed by atoms with Gasteiger partial charge in [-0.2, -0.15) is 0 Å². The second-order valence-electron chi connectivity index (χ2n) is 2.87. The maximum atomic E-state index is 9.95. The Balaban J connectivity index is 2.07. The third kappa shape index (κ3) is 3.21. The minimum atomic E-state index is 0.657. The maximum Gasteiger partial charge on any atom is 0.120 e. The van der Waals surface area contributed by atoms with Gasteiger partial charge in [0.15, 0.2) is 0 Å². The first kappa shape index (κ1) is 8.31. The summed E-state index contributed by atoms with van der Waals surface area (Å²) < 4.78 is 0. The lowest BCUT2D eigenvalue weighted by Gasteiger charge is -2.09. The Kier molecular flexibility index (Phi) is 3.73. The van der Waals surface area contributed by atoms with Crippen LogP contribution in [0.15, 0.2) is 12.3 Å². The molecule has 0 unspecified atom stereocenters. The zero-order valence-electron chi connectivity index (χ0n) is 6.83. The third-order valence-electron chi connectivity index (χ3n) is 1.91. The van der Waals surface area contributed by atoms with E-state index in [2.05, 4.69) is 17.2 Å². The second-order valence-corrected chi connectivity index (χ2v) is 2.87. The van der Waals surface area contributed by atoms with Gasteiger partial charge in [0.25, 0.3) is 0 Å². The number of carbonyl (C=O) groups excluding carboxylic acids is 1. The summed E-state index contributed by atoms with van der Waals surface area (Å²) in [6.45, 7) is 2.38. The molecule has 62 valence electrons. The normalized spacial score (nSPS) is 18.0. The van der Waals surface area contributed by atoms with E-state index in [0.717, 1.165) is 12.7 Å². The summed E-state index contributed by atoms with van der Waals surface area (Å²) in [5.41, 5.74) is 0. The van der Waals surface area contributed by atoms with Gasteiger partial charge in [0.1, 0.15) is 6.29 Å². The van der Waals surface area contributed by atoms with Gasteiger partial charge in [-0.15, -0.1) is 0 Å². The smallest absolute Gasteiger partial charge is 0.120 e. The van der Waals surface area contributed by atoms with Crippen LogP contribution in [0.3, 0.4) is 0 Å². The molecule has 2 heteroatoms. The van der Waals surface area contributed by atoms with E-state index in [0.29, 0.717) is 6.42 Å². The average Bonchev–Trinajstić information content (AvgIpc) is 2.50. The quantitative estimate of drug-likeness (QED) is 0.451. The molecule has 0 radical (unpaired) electrons. The Morgan fingerprint density at radius 1 is 1.18 bits per heavy atom. The number of nitrogens with zero attached hydrogens (tertiary/aromatic N) is 1. The Hall–Kier alpha value is -0.790. The predicted octanol–water partition coefficient (Wildman–Crippen LogP) is 1.57. The number of allylic oxidation sites excluding steroid dienone is 1. The summed E-state index contributed by atoms with van der Waals surface area (Å²) in [5.74, 6) is 0. The number of unbranched alkanes of at least 4 members (excludes halogenated alkanes) is 1. The molecule has 0 atom stereocenters. The van der Waals surface area contributed by atoms with E-state index in [1.54, 1.807) is 0 Å². The fraction of sp³-hybridized carbons (Fsp3) is 0.667. The summed E-state index contributed by atoms with van der Waals surface area (Å²) in [7, 11) is 0. The van der Waals surface area contributed by atoms with Gasteiger partial charge in [0.2, 0.25) is 0 Å². The van der Waals surface area contributed by atoms with Crippen molar-refractivity contribution in [2.24, 2.45) is 0 Å². The van der Waals surface area contributed by atoms with Crippen molar-refractivity contribution in [3.8, 4) is 0 Å². The van der Waals surface area contributed by atoms with Crippen LogP contribution in [0.1, 0.15) is 25.7 Å².